The molecule has 0 atom stereocenters. The zero-order valence-corrected chi connectivity index (χ0v) is 19.1. The second-order valence-electron chi connectivity index (χ2n) is 6.36. The van der Waals surface area contributed by atoms with E-state index >= 15 is 0 Å². The Morgan fingerprint density at radius 3 is 1.18 bits per heavy atom. The van der Waals surface area contributed by atoms with E-state index in [9.17, 15) is 29.7 Å². The molecular weight excluding hydrogens is 444 g/mol. The molecule has 0 heterocycles. The third-order valence-corrected chi connectivity index (χ3v) is 4.13. The van der Waals surface area contributed by atoms with Crippen molar-refractivity contribution < 1.29 is 58.1 Å². The molecule has 0 aromatic heterocycles. The standard InChI is InChI=1S/C21H32O12/c1-7-28-17(25)14(4)31-21(20(12-23,13-24)10-11-22,32-15(5)18(26)29-8-2)33-16(6)19(27)30-9-3/h22-24H,4-13H2,1-3H3. The van der Waals surface area contributed by atoms with Crippen molar-refractivity contribution in [2.75, 3.05) is 39.6 Å². The predicted octanol–water partition coefficient (Wildman–Crippen LogP) is 0.274. The number of carbonyl (C=O) groups is 3. The van der Waals surface area contributed by atoms with Crippen molar-refractivity contribution in [3.63, 3.8) is 0 Å². The molecule has 0 bridgehead atoms. The second kappa shape index (κ2) is 14.1. The van der Waals surface area contributed by atoms with Gasteiger partial charge in [0.1, 0.15) is 5.41 Å². The van der Waals surface area contributed by atoms with E-state index in [1.165, 1.54) is 20.8 Å². The Morgan fingerprint density at radius 2 is 0.970 bits per heavy atom. The van der Waals surface area contributed by atoms with Crippen molar-refractivity contribution >= 4 is 17.9 Å². The lowest BCUT2D eigenvalue weighted by Crippen LogP contribution is -2.59. The summed E-state index contributed by atoms with van der Waals surface area (Å²) in [4.78, 5) is 36.5. The molecule has 0 aliphatic carbocycles. The van der Waals surface area contributed by atoms with E-state index in [2.05, 4.69) is 19.7 Å². The van der Waals surface area contributed by atoms with Gasteiger partial charge in [-0.2, -0.15) is 0 Å². The van der Waals surface area contributed by atoms with E-state index in [1.54, 1.807) is 0 Å². The molecule has 0 aromatic carbocycles. The van der Waals surface area contributed by atoms with Crippen LogP contribution in [0.15, 0.2) is 37.0 Å². The average Bonchev–Trinajstić information content (AvgIpc) is 2.77. The minimum Gasteiger partial charge on any atom is -0.460 e. The fourth-order valence-corrected chi connectivity index (χ4v) is 2.40. The van der Waals surface area contributed by atoms with Crippen LogP contribution in [0.4, 0.5) is 0 Å². The Morgan fingerprint density at radius 1 is 0.667 bits per heavy atom. The molecule has 0 amide bonds. The first kappa shape index (κ1) is 29.9. The maximum atomic E-state index is 12.2. The smallest absolute Gasteiger partial charge is 0.428 e. The minimum absolute atomic E-state index is 0.0667. The van der Waals surface area contributed by atoms with Crippen LogP contribution in [0.3, 0.4) is 0 Å². The Bertz CT molecular complexity index is 644. The Hall–Kier alpha value is -3.09. The number of esters is 3. The Labute approximate surface area is 192 Å². The molecule has 12 nitrogen and oxygen atoms in total. The van der Waals surface area contributed by atoms with Gasteiger partial charge in [-0.1, -0.05) is 0 Å². The molecule has 0 radical (unpaired) electrons. The average molecular weight is 476 g/mol. The van der Waals surface area contributed by atoms with Crippen LogP contribution in [0.25, 0.3) is 0 Å². The highest BCUT2D eigenvalue weighted by molar-refractivity contribution is 5.87. The summed E-state index contributed by atoms with van der Waals surface area (Å²) >= 11 is 0. The normalized spacial score (nSPS) is 11.1. The SMILES string of the molecule is C=C(OC(OC(=C)C(=O)OCC)(OC(=C)C(=O)OCC)C(CO)(CO)CCO)C(=O)OCC. The van der Waals surface area contributed by atoms with Crippen LogP contribution in [-0.4, -0.2) is 78.8 Å². The lowest BCUT2D eigenvalue weighted by atomic mass is 9.82. The van der Waals surface area contributed by atoms with Gasteiger partial charge in [-0.05, 0) is 46.9 Å². The van der Waals surface area contributed by atoms with Crippen LogP contribution in [0, 0.1) is 5.41 Å². The molecule has 33 heavy (non-hydrogen) atoms. The predicted molar refractivity (Wildman–Crippen MR) is 112 cm³/mol. The highest BCUT2D eigenvalue weighted by Crippen LogP contribution is 2.44. The molecule has 0 saturated carbocycles. The van der Waals surface area contributed by atoms with E-state index in [0.29, 0.717) is 0 Å². The third-order valence-electron chi connectivity index (χ3n) is 4.13. The largest absolute Gasteiger partial charge is 0.460 e. The van der Waals surface area contributed by atoms with Gasteiger partial charge in [-0.25, -0.2) is 14.4 Å². The molecule has 0 unspecified atom stereocenters. The van der Waals surface area contributed by atoms with Gasteiger partial charge in [0.2, 0.25) is 17.3 Å². The zero-order chi connectivity index (χ0) is 25.7. The first-order chi connectivity index (χ1) is 15.5. The first-order valence-corrected chi connectivity index (χ1v) is 10.0. The quantitative estimate of drug-likeness (QED) is 0.0863. The summed E-state index contributed by atoms with van der Waals surface area (Å²) in [7, 11) is 0. The van der Waals surface area contributed by atoms with Gasteiger partial charge in [-0.3, -0.25) is 0 Å². The molecule has 0 rings (SSSR count). The summed E-state index contributed by atoms with van der Waals surface area (Å²) in [6.45, 7) is 11.9. The summed E-state index contributed by atoms with van der Waals surface area (Å²) in [5, 5.41) is 29.9. The molecule has 0 fully saturated rings. The Kier molecular flexibility index (Phi) is 12.8. The summed E-state index contributed by atoms with van der Waals surface area (Å²) in [5.74, 6) is -8.43. The number of carbonyl (C=O) groups excluding carboxylic acids is 3. The number of hydrogen-bond acceptors (Lipinski definition) is 12. The fraction of sp³-hybridized carbons (Fsp3) is 0.571. The van der Waals surface area contributed by atoms with Gasteiger partial charge in [-0.15, -0.1) is 0 Å². The summed E-state index contributed by atoms with van der Waals surface area (Å²) < 4.78 is 30.8. The summed E-state index contributed by atoms with van der Waals surface area (Å²) in [5.41, 5.74) is -2.12. The molecule has 0 aromatic rings. The van der Waals surface area contributed by atoms with Crippen molar-refractivity contribution in [1.29, 1.82) is 0 Å². The molecule has 188 valence electrons. The zero-order valence-electron chi connectivity index (χ0n) is 19.1. The summed E-state index contributed by atoms with van der Waals surface area (Å²) in [6.07, 6.45) is -0.484. The molecule has 3 N–H and O–H groups in total. The molecule has 12 heteroatoms. The molecular formula is C21H32O12. The van der Waals surface area contributed by atoms with Gasteiger partial charge in [0, 0.05) is 6.61 Å². The van der Waals surface area contributed by atoms with E-state index in [-0.39, 0.29) is 19.8 Å². The second-order valence-corrected chi connectivity index (χ2v) is 6.36. The van der Waals surface area contributed by atoms with E-state index < -0.39 is 72.8 Å². The van der Waals surface area contributed by atoms with Gasteiger partial charge >= 0.3 is 23.9 Å². The lowest BCUT2D eigenvalue weighted by Gasteiger charge is -2.45. The van der Waals surface area contributed by atoms with Gasteiger partial charge in [0.25, 0.3) is 0 Å². The van der Waals surface area contributed by atoms with Gasteiger partial charge in [0.15, 0.2) is 0 Å². The maximum absolute atomic E-state index is 12.2. The summed E-state index contributed by atoms with van der Waals surface area (Å²) in [6, 6.07) is 0. The maximum Gasteiger partial charge on any atom is 0.428 e. The topological polar surface area (TPSA) is 167 Å². The molecule has 0 aliphatic rings. The van der Waals surface area contributed by atoms with Gasteiger partial charge in [0.05, 0.1) is 33.0 Å². The van der Waals surface area contributed by atoms with Crippen molar-refractivity contribution in [3.8, 4) is 0 Å². The highest BCUT2D eigenvalue weighted by atomic mass is 16.9. The van der Waals surface area contributed by atoms with Crippen molar-refractivity contribution in [2.24, 2.45) is 5.41 Å². The van der Waals surface area contributed by atoms with Crippen LogP contribution in [0.5, 0.6) is 0 Å². The van der Waals surface area contributed by atoms with Crippen LogP contribution < -0.4 is 0 Å². The number of ether oxygens (including phenoxy) is 6. The highest BCUT2D eigenvalue weighted by Gasteiger charge is 2.61. The number of aliphatic hydroxyl groups is 3. The molecule has 0 aliphatic heterocycles. The van der Waals surface area contributed by atoms with E-state index in [4.69, 9.17) is 28.4 Å². The van der Waals surface area contributed by atoms with Crippen LogP contribution >= 0.6 is 0 Å². The monoisotopic (exact) mass is 476 g/mol. The van der Waals surface area contributed by atoms with E-state index in [0.717, 1.165) is 0 Å². The van der Waals surface area contributed by atoms with Gasteiger partial charge < -0.3 is 43.7 Å². The van der Waals surface area contributed by atoms with Crippen LogP contribution in [0.2, 0.25) is 0 Å². The van der Waals surface area contributed by atoms with Crippen LogP contribution in [-0.2, 0) is 42.8 Å². The van der Waals surface area contributed by atoms with Crippen molar-refractivity contribution in [1.82, 2.24) is 0 Å². The Balaban J connectivity index is 6.76. The lowest BCUT2D eigenvalue weighted by molar-refractivity contribution is -0.401. The number of rotatable bonds is 17. The van der Waals surface area contributed by atoms with Crippen molar-refractivity contribution in [3.05, 3.63) is 37.0 Å². The third kappa shape index (κ3) is 7.77. The van der Waals surface area contributed by atoms with Crippen LogP contribution in [0.1, 0.15) is 27.2 Å². The number of aliphatic hydroxyl groups excluding tert-OH is 3. The minimum atomic E-state index is -2.89. The molecule has 0 spiro atoms. The van der Waals surface area contributed by atoms with Crippen molar-refractivity contribution in [2.45, 2.75) is 33.2 Å². The fourth-order valence-electron chi connectivity index (χ4n) is 2.40. The first-order valence-electron chi connectivity index (χ1n) is 10.0. The van der Waals surface area contributed by atoms with E-state index in [1.807, 2.05) is 0 Å². The number of hydrogen-bond donors (Lipinski definition) is 3. The molecule has 0 saturated heterocycles.